The molecular weight excluding hydrogens is 541 g/mol. The van der Waals surface area contributed by atoms with Gasteiger partial charge in [0.1, 0.15) is 6.61 Å². The Labute approximate surface area is 256 Å². The van der Waals surface area contributed by atoms with E-state index < -0.39 is 22.2 Å². The molecule has 12 heteroatoms. The summed E-state index contributed by atoms with van der Waals surface area (Å²) < 4.78 is 36.8. The minimum absolute atomic E-state index is 0. The molecule has 2 N–H and O–H groups in total. The molecule has 0 atom stereocenters. The zero-order valence-electron chi connectivity index (χ0n) is 23.0. The number of nitrogens with one attached hydrogen (secondary N) is 2. The number of hydrogen-bond donors (Lipinski definition) is 2. The first-order valence-corrected chi connectivity index (χ1v) is 14.7. The summed E-state index contributed by atoms with van der Waals surface area (Å²) in [5.74, 6) is -0.575. The maximum atomic E-state index is 13.4. The van der Waals surface area contributed by atoms with E-state index in [2.05, 4.69) is 21.2 Å². The van der Waals surface area contributed by atoms with Crippen molar-refractivity contribution in [1.29, 1.82) is 0 Å². The molecule has 0 saturated heterocycles. The van der Waals surface area contributed by atoms with E-state index in [9.17, 15) is 18.0 Å². The first kappa shape index (κ1) is 30.1. The number of amides is 2. The van der Waals surface area contributed by atoms with Crippen molar-refractivity contribution >= 4 is 57.5 Å². The van der Waals surface area contributed by atoms with Crippen LogP contribution in [0.3, 0.4) is 0 Å². The van der Waals surface area contributed by atoms with Crippen LogP contribution in [0.15, 0.2) is 48.8 Å². The van der Waals surface area contributed by atoms with Gasteiger partial charge in [-0.2, -0.15) is 13.5 Å². The molecule has 1 heterocycles. The summed E-state index contributed by atoms with van der Waals surface area (Å²) in [6.45, 7) is -0.0531. The number of benzene rings is 2. The zero-order chi connectivity index (χ0) is 27.4. The van der Waals surface area contributed by atoms with Crippen LogP contribution in [0.5, 0.6) is 0 Å². The monoisotopic (exact) mass is 574 g/mol. The number of nitrogens with zero attached hydrogens (tertiary/aromatic N) is 3. The zero-order valence-corrected chi connectivity index (χ0v) is 25.8. The van der Waals surface area contributed by atoms with E-state index in [4.69, 9.17) is 4.74 Å². The van der Waals surface area contributed by atoms with Gasteiger partial charge < -0.3 is 10.1 Å². The topological polar surface area (TPSA) is 123 Å². The van der Waals surface area contributed by atoms with Crippen LogP contribution in [0.4, 0.5) is 10.5 Å². The Morgan fingerprint density at radius 2 is 1.73 bits per heavy atom. The van der Waals surface area contributed by atoms with Crippen molar-refractivity contribution in [2.75, 3.05) is 17.4 Å². The standard InChI is InChI=1S/C28H33N5O5S.Na/c1-32-18-23(17-30-32)33(14-13-29-28(35)38-19-20-7-3-2-4-8-20)39(36,37)31-27(34)16-26-24-11-5-9-21(24)15-22-10-6-12-25(22)26;/h2-4,7-8,15,17-18H,5-6,9-14,16,19H2,1H3,(H,29,35)(H,31,34);. The number of aryl methyl sites for hydroxylation is 3. The summed E-state index contributed by atoms with van der Waals surface area (Å²) in [5, 5.41) is 6.64. The predicted octanol–water partition coefficient (Wildman–Crippen LogP) is 2.35. The van der Waals surface area contributed by atoms with Gasteiger partial charge in [0.15, 0.2) is 0 Å². The Morgan fingerprint density at radius 3 is 2.35 bits per heavy atom. The molecule has 1 aromatic heterocycles. The predicted molar refractivity (Wildman–Crippen MR) is 152 cm³/mol. The number of carbonyl (C=O) groups is 2. The first-order chi connectivity index (χ1) is 18.8. The second-order valence-electron chi connectivity index (χ2n) is 9.98. The van der Waals surface area contributed by atoms with Crippen molar-refractivity contribution in [1.82, 2.24) is 19.8 Å². The number of fused-ring (bicyclic) bond motifs is 2. The maximum Gasteiger partial charge on any atom is 0.407 e. The summed E-state index contributed by atoms with van der Waals surface area (Å²) in [6.07, 6.45) is 8.26. The Morgan fingerprint density at radius 1 is 1.05 bits per heavy atom. The second-order valence-corrected chi connectivity index (χ2v) is 11.6. The Hall–Kier alpha value is -2.86. The van der Waals surface area contributed by atoms with Crippen LogP contribution in [0.1, 0.15) is 46.2 Å². The third-order valence-corrected chi connectivity index (χ3v) is 8.70. The van der Waals surface area contributed by atoms with Gasteiger partial charge in [0.05, 0.1) is 24.8 Å². The summed E-state index contributed by atoms with van der Waals surface area (Å²) in [7, 11) is -2.61. The molecule has 207 valence electrons. The summed E-state index contributed by atoms with van der Waals surface area (Å²) >= 11 is 0. The molecule has 0 aliphatic heterocycles. The smallest absolute Gasteiger partial charge is 0.407 e. The van der Waals surface area contributed by atoms with Crippen molar-refractivity contribution in [2.24, 2.45) is 7.05 Å². The van der Waals surface area contributed by atoms with Gasteiger partial charge in [-0.15, -0.1) is 0 Å². The van der Waals surface area contributed by atoms with Gasteiger partial charge >= 0.3 is 16.3 Å². The first-order valence-electron chi connectivity index (χ1n) is 13.2. The van der Waals surface area contributed by atoms with E-state index in [-0.39, 0.29) is 61.4 Å². The number of ether oxygens (including phenoxy) is 1. The minimum Gasteiger partial charge on any atom is -0.445 e. The van der Waals surface area contributed by atoms with E-state index in [0.29, 0.717) is 0 Å². The molecule has 0 saturated carbocycles. The van der Waals surface area contributed by atoms with Crippen LogP contribution in [0.25, 0.3) is 0 Å². The van der Waals surface area contributed by atoms with Crippen LogP contribution in [0.2, 0.25) is 0 Å². The van der Waals surface area contributed by atoms with E-state index >= 15 is 0 Å². The number of aromatic nitrogens is 2. The average Bonchev–Trinajstić information content (AvgIpc) is 3.66. The van der Waals surface area contributed by atoms with Crippen molar-refractivity contribution in [3.8, 4) is 0 Å². The van der Waals surface area contributed by atoms with Crippen LogP contribution in [0, 0.1) is 0 Å². The van der Waals surface area contributed by atoms with Crippen molar-refractivity contribution in [3.05, 3.63) is 82.2 Å². The number of anilines is 1. The fourth-order valence-corrected chi connectivity index (χ4v) is 6.68. The SMILES string of the molecule is Cn1cc(N(CCNC(=O)OCc2ccccc2)S(=O)(=O)NC(=O)Cc2c3c(cc4c2CCC4)CCC3)cn1.[Na]. The van der Waals surface area contributed by atoms with E-state index in [1.54, 1.807) is 7.05 Å². The Balaban J connectivity index is 0.00000370. The van der Waals surface area contributed by atoms with E-state index in [0.717, 1.165) is 54.0 Å². The molecule has 1 radical (unpaired) electrons. The van der Waals surface area contributed by atoms with Gasteiger partial charge in [-0.25, -0.2) is 13.8 Å². The van der Waals surface area contributed by atoms with Gasteiger partial charge in [-0.05, 0) is 71.9 Å². The molecule has 0 unspecified atom stereocenters. The summed E-state index contributed by atoms with van der Waals surface area (Å²) in [5.41, 5.74) is 7.13. The molecule has 2 amide bonds. The largest absolute Gasteiger partial charge is 0.445 e. The fourth-order valence-electron chi connectivity index (χ4n) is 5.50. The van der Waals surface area contributed by atoms with E-state index in [1.807, 2.05) is 30.3 Å². The number of hydrogen-bond acceptors (Lipinski definition) is 6. The third kappa shape index (κ3) is 7.06. The van der Waals surface area contributed by atoms with Crippen LogP contribution < -0.4 is 14.3 Å². The Bertz CT molecular complexity index is 1440. The molecule has 10 nitrogen and oxygen atoms in total. The van der Waals surface area contributed by atoms with Gasteiger partial charge in [0.25, 0.3) is 0 Å². The fraction of sp³-hybridized carbons (Fsp3) is 0.393. The molecule has 40 heavy (non-hydrogen) atoms. The molecule has 3 aromatic rings. The molecule has 2 aliphatic carbocycles. The van der Waals surface area contributed by atoms with E-state index in [1.165, 1.54) is 39.3 Å². The summed E-state index contributed by atoms with van der Waals surface area (Å²) in [6, 6.07) is 11.5. The summed E-state index contributed by atoms with van der Waals surface area (Å²) in [4.78, 5) is 25.3. The van der Waals surface area contributed by atoms with Gasteiger partial charge in [-0.1, -0.05) is 36.4 Å². The molecule has 2 aromatic carbocycles. The van der Waals surface area contributed by atoms with Crippen molar-refractivity contribution < 1.29 is 22.7 Å². The number of carbonyl (C=O) groups excluding carboxylic acids is 2. The molecule has 0 fully saturated rings. The normalized spacial score (nSPS) is 13.6. The third-order valence-electron chi connectivity index (χ3n) is 7.24. The van der Waals surface area contributed by atoms with Crippen LogP contribution in [-0.4, -0.2) is 72.8 Å². The molecular formula is C28H33N5NaO5S. The van der Waals surface area contributed by atoms with Crippen LogP contribution in [-0.2, 0) is 65.5 Å². The Kier molecular flexibility index (Phi) is 9.94. The quantitative estimate of drug-likeness (QED) is 0.359. The van der Waals surface area contributed by atoms with Crippen molar-refractivity contribution in [2.45, 2.75) is 51.6 Å². The second kappa shape index (κ2) is 13.2. The number of alkyl carbamates (subject to hydrolysis) is 1. The maximum absolute atomic E-state index is 13.4. The minimum atomic E-state index is -4.27. The van der Waals surface area contributed by atoms with Crippen molar-refractivity contribution in [3.63, 3.8) is 0 Å². The number of rotatable bonds is 10. The van der Waals surface area contributed by atoms with Gasteiger partial charge in [0, 0.05) is 49.3 Å². The van der Waals surface area contributed by atoms with Gasteiger partial charge in [-0.3, -0.25) is 9.48 Å². The van der Waals surface area contributed by atoms with Crippen LogP contribution >= 0.6 is 0 Å². The molecule has 2 aliphatic rings. The molecule has 5 rings (SSSR count). The van der Waals surface area contributed by atoms with Gasteiger partial charge in [0.2, 0.25) is 5.91 Å². The average molecular weight is 575 g/mol. The molecule has 0 bridgehead atoms. The molecule has 0 spiro atoms.